The van der Waals surface area contributed by atoms with Crippen LogP contribution in [0.3, 0.4) is 0 Å². The van der Waals surface area contributed by atoms with Crippen LogP contribution in [-0.4, -0.2) is 61.9 Å². The van der Waals surface area contributed by atoms with E-state index >= 15 is 0 Å². The van der Waals surface area contributed by atoms with Crippen LogP contribution in [0.4, 0.5) is 24.7 Å². The lowest BCUT2D eigenvalue weighted by Gasteiger charge is -2.33. The summed E-state index contributed by atoms with van der Waals surface area (Å²) in [6.07, 6.45) is -1.63. The first-order valence-electron chi connectivity index (χ1n) is 16.1. The van der Waals surface area contributed by atoms with Gasteiger partial charge in [0, 0.05) is 53.1 Å². The SMILES string of the molecule is C=CC(=O)Nc1cccc(C2C(O)C2n2c(C#N)cc3c(C)c(CN4CCC(Nc5ncnc6sc(CC(F)(F)F)cc56)CC4)ccc32)c1. The van der Waals surface area contributed by atoms with E-state index in [0.29, 0.717) is 27.4 Å². The Morgan fingerprint density at radius 2 is 1.96 bits per heavy atom. The van der Waals surface area contributed by atoms with Crippen LogP contribution in [0.2, 0.25) is 0 Å². The fourth-order valence-electron chi connectivity index (χ4n) is 7.05. The second-order valence-corrected chi connectivity index (χ2v) is 13.9. The molecule has 1 aliphatic carbocycles. The van der Waals surface area contributed by atoms with E-state index in [1.807, 2.05) is 34.9 Å². The molecule has 0 spiro atoms. The minimum atomic E-state index is -4.27. The average molecular weight is 686 g/mol. The van der Waals surface area contributed by atoms with Crippen LogP contribution >= 0.6 is 11.3 Å². The van der Waals surface area contributed by atoms with Crippen molar-refractivity contribution in [2.45, 2.75) is 63.0 Å². The lowest BCUT2D eigenvalue weighted by Crippen LogP contribution is -2.39. The normalized spacial score (nSPS) is 20.0. The maximum Gasteiger partial charge on any atom is 0.393 e. The highest BCUT2D eigenvalue weighted by molar-refractivity contribution is 7.18. The number of aryl methyl sites for hydroxylation is 1. The van der Waals surface area contributed by atoms with Gasteiger partial charge in [0.05, 0.1) is 24.0 Å². The second-order valence-electron chi connectivity index (χ2n) is 12.8. The molecule has 7 rings (SSSR count). The number of aliphatic hydroxyl groups is 1. The highest BCUT2D eigenvalue weighted by Crippen LogP contribution is 2.54. The van der Waals surface area contributed by atoms with E-state index in [4.69, 9.17) is 0 Å². The molecule has 3 unspecified atom stereocenters. The molecule has 49 heavy (non-hydrogen) atoms. The summed E-state index contributed by atoms with van der Waals surface area (Å²) in [5.74, 6) is 0.0345. The van der Waals surface area contributed by atoms with Crippen molar-refractivity contribution in [1.82, 2.24) is 19.4 Å². The Balaban J connectivity index is 1.03. The van der Waals surface area contributed by atoms with Crippen molar-refractivity contribution in [3.05, 3.63) is 94.8 Å². The first-order valence-corrected chi connectivity index (χ1v) is 16.9. The van der Waals surface area contributed by atoms with E-state index in [-0.39, 0.29) is 28.8 Å². The van der Waals surface area contributed by atoms with E-state index in [1.165, 1.54) is 12.4 Å². The molecule has 1 aliphatic heterocycles. The number of thiophene rings is 1. The molecule has 3 atom stereocenters. The lowest BCUT2D eigenvalue weighted by molar-refractivity contribution is -0.126. The zero-order valence-corrected chi connectivity index (χ0v) is 27.5. The molecule has 2 aliphatic rings. The van der Waals surface area contributed by atoms with Crippen molar-refractivity contribution in [3.8, 4) is 6.07 Å². The number of nitriles is 1. The minimum Gasteiger partial charge on any atom is -0.390 e. The Labute approximate surface area is 284 Å². The number of rotatable bonds is 9. The van der Waals surface area contributed by atoms with Gasteiger partial charge in [-0.2, -0.15) is 18.4 Å². The summed E-state index contributed by atoms with van der Waals surface area (Å²) in [6.45, 7) is 7.96. The van der Waals surface area contributed by atoms with Crippen molar-refractivity contribution < 1.29 is 23.1 Å². The van der Waals surface area contributed by atoms with Gasteiger partial charge < -0.3 is 20.3 Å². The number of halogens is 3. The van der Waals surface area contributed by atoms with Gasteiger partial charge in [-0.1, -0.05) is 24.8 Å². The first-order chi connectivity index (χ1) is 23.5. The number of anilines is 2. The Morgan fingerprint density at radius 3 is 2.69 bits per heavy atom. The quantitative estimate of drug-likeness (QED) is 0.146. The summed E-state index contributed by atoms with van der Waals surface area (Å²) in [7, 11) is 0. The van der Waals surface area contributed by atoms with Crippen LogP contribution in [0.5, 0.6) is 0 Å². The van der Waals surface area contributed by atoms with Gasteiger partial charge >= 0.3 is 6.18 Å². The number of fused-ring (bicyclic) bond motifs is 2. The fraction of sp³-hybridized carbons (Fsp3) is 0.333. The van der Waals surface area contributed by atoms with Gasteiger partial charge in [0.15, 0.2) is 0 Å². The summed E-state index contributed by atoms with van der Waals surface area (Å²) in [6, 6.07) is 17.1. The van der Waals surface area contributed by atoms with Gasteiger partial charge in [0.1, 0.15) is 28.7 Å². The fourth-order valence-corrected chi connectivity index (χ4v) is 8.07. The van der Waals surface area contributed by atoms with E-state index in [1.54, 1.807) is 12.1 Å². The topological polar surface area (TPSA) is 119 Å². The number of aliphatic hydroxyl groups excluding tert-OH is 1. The van der Waals surface area contributed by atoms with Crippen LogP contribution in [0, 0.1) is 18.3 Å². The summed E-state index contributed by atoms with van der Waals surface area (Å²) < 4.78 is 40.8. The van der Waals surface area contributed by atoms with E-state index in [2.05, 4.69) is 51.1 Å². The molecule has 5 aromatic rings. The van der Waals surface area contributed by atoms with Crippen LogP contribution in [-0.2, 0) is 17.8 Å². The third kappa shape index (κ3) is 6.64. The number of aromatic nitrogens is 3. The predicted octanol–water partition coefficient (Wildman–Crippen LogP) is 6.83. The first kappa shape index (κ1) is 32.8. The minimum absolute atomic E-state index is 0.132. The number of benzene rings is 2. The number of nitrogens with one attached hydrogen (secondary N) is 2. The van der Waals surface area contributed by atoms with Crippen LogP contribution < -0.4 is 10.6 Å². The molecule has 2 aromatic carbocycles. The monoisotopic (exact) mass is 685 g/mol. The maximum atomic E-state index is 13.0. The number of carbonyl (C=O) groups excluding carboxylic acids is 1. The lowest BCUT2D eigenvalue weighted by atomic mass is 10.0. The molecule has 0 bridgehead atoms. The molecular formula is C36H34F3N7O2S. The van der Waals surface area contributed by atoms with Crippen molar-refractivity contribution in [2.75, 3.05) is 23.7 Å². The number of carbonyl (C=O) groups is 1. The Morgan fingerprint density at radius 1 is 1.16 bits per heavy atom. The third-order valence-corrected chi connectivity index (χ3v) is 10.6. The predicted molar refractivity (Wildman–Crippen MR) is 184 cm³/mol. The third-order valence-electron chi connectivity index (χ3n) is 9.56. The second kappa shape index (κ2) is 12.9. The molecule has 252 valence electrons. The Bertz CT molecular complexity index is 2110. The molecule has 4 heterocycles. The highest BCUT2D eigenvalue weighted by Gasteiger charge is 2.52. The molecule has 0 radical (unpaired) electrons. The molecule has 1 saturated heterocycles. The van der Waals surface area contributed by atoms with Gasteiger partial charge in [-0.15, -0.1) is 11.3 Å². The van der Waals surface area contributed by atoms with Gasteiger partial charge in [-0.3, -0.25) is 9.69 Å². The molecule has 9 nitrogen and oxygen atoms in total. The summed E-state index contributed by atoms with van der Waals surface area (Å²) in [5, 5.41) is 29.0. The molecule has 1 amide bonds. The number of nitrogens with zero attached hydrogens (tertiary/aromatic N) is 5. The zero-order valence-electron chi connectivity index (χ0n) is 26.7. The number of hydrogen-bond acceptors (Lipinski definition) is 8. The smallest absolute Gasteiger partial charge is 0.390 e. The number of amides is 1. The van der Waals surface area contributed by atoms with Crippen molar-refractivity contribution in [2.24, 2.45) is 0 Å². The molecule has 2 fully saturated rings. The molecule has 3 aromatic heterocycles. The zero-order chi connectivity index (χ0) is 34.4. The molecule has 3 N–H and O–H groups in total. The van der Waals surface area contributed by atoms with E-state index < -0.39 is 18.7 Å². The van der Waals surface area contributed by atoms with Gasteiger partial charge in [0.25, 0.3) is 0 Å². The maximum absolute atomic E-state index is 13.0. The van der Waals surface area contributed by atoms with Gasteiger partial charge in [-0.05, 0) is 72.9 Å². The largest absolute Gasteiger partial charge is 0.393 e. The number of hydrogen-bond donors (Lipinski definition) is 3. The Kier molecular flexibility index (Phi) is 8.64. The van der Waals surface area contributed by atoms with Crippen LogP contribution in [0.1, 0.15) is 52.1 Å². The van der Waals surface area contributed by atoms with Crippen molar-refractivity contribution in [3.63, 3.8) is 0 Å². The Hall–Kier alpha value is -4.77. The summed E-state index contributed by atoms with van der Waals surface area (Å²) >= 11 is 1.05. The van der Waals surface area contributed by atoms with E-state index in [9.17, 15) is 28.3 Å². The van der Waals surface area contributed by atoms with Crippen molar-refractivity contribution >= 4 is 49.9 Å². The number of likely N-dealkylation sites (tertiary alicyclic amines) is 1. The average Bonchev–Trinajstić information content (AvgIpc) is 3.36. The summed E-state index contributed by atoms with van der Waals surface area (Å²) in [5.41, 5.74) is 5.12. The van der Waals surface area contributed by atoms with Gasteiger partial charge in [0.2, 0.25) is 5.91 Å². The standard InChI is InChI=1S/C36H34F3N7O2S/c1-3-30(47)43-24-6-4-5-21(13-24)31-32(33(31)48)46-25(17-40)14-27-20(2)22(7-8-29(27)46)18-45-11-9-23(10-12-45)44-34-28-15-26(16-36(37,38)39)49-35(28)42-19-41-34/h3-8,13-15,19,23,31-33,48H,1,9-12,16,18H2,2H3,(H,43,47)(H,41,42,44). The van der Waals surface area contributed by atoms with Crippen LogP contribution in [0.25, 0.3) is 21.1 Å². The van der Waals surface area contributed by atoms with Gasteiger partial charge in [-0.25, -0.2) is 9.97 Å². The highest BCUT2D eigenvalue weighted by atomic mass is 32.1. The van der Waals surface area contributed by atoms with Crippen molar-refractivity contribution in [1.29, 1.82) is 5.26 Å². The van der Waals surface area contributed by atoms with E-state index in [0.717, 1.165) is 71.4 Å². The van der Waals surface area contributed by atoms with Crippen LogP contribution in [0.15, 0.2) is 67.5 Å². The number of alkyl halides is 3. The molecule has 13 heteroatoms. The molecular weight excluding hydrogens is 652 g/mol. The summed E-state index contributed by atoms with van der Waals surface area (Å²) in [4.78, 5) is 23.5. The number of piperidine rings is 1. The molecule has 1 saturated carbocycles.